The molecule has 0 aliphatic rings. The van der Waals surface area contributed by atoms with Gasteiger partial charge in [0.05, 0.1) is 12.8 Å². The molecule has 3 nitrogen and oxygen atoms in total. The van der Waals surface area contributed by atoms with Gasteiger partial charge in [0.1, 0.15) is 5.82 Å². The lowest BCUT2D eigenvalue weighted by molar-refractivity contribution is -0.136. The predicted molar refractivity (Wildman–Crippen MR) is 131 cm³/mol. The fraction of sp³-hybridized carbons (Fsp3) is 0.393. The fourth-order valence-corrected chi connectivity index (χ4v) is 4.35. The van der Waals surface area contributed by atoms with E-state index < -0.39 is 0 Å². The molecule has 0 saturated carbocycles. The summed E-state index contributed by atoms with van der Waals surface area (Å²) in [5, 5.41) is 1.09. The summed E-state index contributed by atoms with van der Waals surface area (Å²) in [5.74, 6) is -0.549. The van der Waals surface area contributed by atoms with Gasteiger partial charge in [0.2, 0.25) is 0 Å². The molecule has 0 radical (unpaired) electrons. The lowest BCUT2D eigenvalue weighted by Gasteiger charge is -2.15. The highest BCUT2D eigenvalue weighted by molar-refractivity contribution is 6.03. The van der Waals surface area contributed by atoms with Crippen molar-refractivity contribution in [1.29, 1.82) is 0 Å². The summed E-state index contributed by atoms with van der Waals surface area (Å²) in [6.45, 7) is 6.48. The van der Waals surface area contributed by atoms with Gasteiger partial charge in [-0.2, -0.15) is 0 Å². The number of hydrogen-bond donors (Lipinski definition) is 0. The van der Waals surface area contributed by atoms with Crippen molar-refractivity contribution in [2.45, 2.75) is 65.3 Å². The Kier molecular flexibility index (Phi) is 8.26. The predicted octanol–water partition coefficient (Wildman–Crippen LogP) is 7.95. The molecule has 4 heteroatoms. The number of carbonyl (C=O) groups excluding carboxylic acids is 1. The van der Waals surface area contributed by atoms with Crippen molar-refractivity contribution in [1.82, 2.24) is 4.57 Å². The number of nitrogens with zero attached hydrogens (tertiary/aromatic N) is 1. The summed E-state index contributed by atoms with van der Waals surface area (Å²) < 4.78 is 21.1. The molecule has 0 amide bonds. The van der Waals surface area contributed by atoms with Gasteiger partial charge in [-0.1, -0.05) is 62.9 Å². The third kappa shape index (κ3) is 5.29. The average Bonchev–Trinajstić information content (AvgIpc) is 3.12. The minimum atomic E-state index is -0.286. The van der Waals surface area contributed by atoms with Crippen molar-refractivity contribution in [3.05, 3.63) is 65.6 Å². The molecule has 1 heterocycles. The van der Waals surface area contributed by atoms with Crippen molar-refractivity contribution in [3.8, 4) is 11.1 Å². The number of hydrogen-bond acceptors (Lipinski definition) is 2. The maximum absolute atomic E-state index is 13.7. The second-order valence-electron chi connectivity index (χ2n) is 8.57. The molecule has 0 atom stereocenters. The van der Waals surface area contributed by atoms with E-state index in [-0.39, 0.29) is 17.8 Å². The molecule has 2 aromatic carbocycles. The first kappa shape index (κ1) is 23.8. The van der Waals surface area contributed by atoms with E-state index in [9.17, 15) is 9.18 Å². The molecule has 0 aliphatic heterocycles. The van der Waals surface area contributed by atoms with Crippen molar-refractivity contribution in [2.24, 2.45) is 0 Å². The Balaban J connectivity index is 2.17. The van der Waals surface area contributed by atoms with Gasteiger partial charge in [-0.15, -0.1) is 0 Å². The summed E-state index contributed by atoms with van der Waals surface area (Å²) >= 11 is 0. The minimum absolute atomic E-state index is 0.184. The largest absolute Gasteiger partial charge is 0.466 e. The summed E-state index contributed by atoms with van der Waals surface area (Å²) in [4.78, 5) is 12.7. The van der Waals surface area contributed by atoms with Crippen LogP contribution in [0.2, 0.25) is 0 Å². The molecule has 0 fully saturated rings. The number of fused-ring (bicyclic) bond motifs is 1. The minimum Gasteiger partial charge on any atom is -0.466 e. The molecule has 32 heavy (non-hydrogen) atoms. The van der Waals surface area contributed by atoms with E-state index in [1.54, 1.807) is 0 Å². The lowest BCUT2D eigenvalue weighted by atomic mass is 9.99. The number of ether oxygens (including phenoxy) is 1. The van der Waals surface area contributed by atoms with Crippen LogP contribution in [0.5, 0.6) is 0 Å². The second kappa shape index (κ2) is 11.1. The first-order valence-electron chi connectivity index (χ1n) is 11.7. The highest BCUT2D eigenvalue weighted by Gasteiger charge is 2.21. The Morgan fingerprint density at radius 3 is 2.38 bits per heavy atom. The zero-order chi connectivity index (χ0) is 23.1. The van der Waals surface area contributed by atoms with Gasteiger partial charge >= 0.3 is 5.97 Å². The zero-order valence-corrected chi connectivity index (χ0v) is 19.7. The van der Waals surface area contributed by atoms with Crippen LogP contribution in [0, 0.1) is 5.82 Å². The van der Waals surface area contributed by atoms with Crippen LogP contribution in [0.15, 0.2) is 54.1 Å². The number of carbonyl (C=O) groups is 1. The Morgan fingerprint density at radius 1 is 1.03 bits per heavy atom. The van der Waals surface area contributed by atoms with Crippen molar-refractivity contribution in [2.75, 3.05) is 7.11 Å². The van der Waals surface area contributed by atoms with Gasteiger partial charge in [-0.25, -0.2) is 9.18 Å². The molecule has 0 bridgehead atoms. The maximum Gasteiger partial charge on any atom is 0.333 e. The van der Waals surface area contributed by atoms with E-state index in [1.165, 1.54) is 38.5 Å². The first-order valence-corrected chi connectivity index (χ1v) is 11.7. The first-order chi connectivity index (χ1) is 15.5. The van der Waals surface area contributed by atoms with E-state index in [0.29, 0.717) is 12.0 Å². The van der Waals surface area contributed by atoms with Crippen LogP contribution < -0.4 is 0 Å². The van der Waals surface area contributed by atoms with Crippen LogP contribution in [-0.2, 0) is 9.53 Å². The molecular formula is C28H34FNO2. The third-order valence-electron chi connectivity index (χ3n) is 5.91. The standard InChI is InChI=1S/C28H34FNO2/c1-5-6-7-8-9-12-22(28(31)32-4)19-26-27(21-15-17-23(29)18-16-21)24-13-10-11-14-25(24)30(26)20(2)3/h10-11,13-20H,5-9,12H2,1-4H3. The number of aromatic nitrogens is 1. The van der Waals surface area contributed by atoms with Crippen LogP contribution in [0.4, 0.5) is 4.39 Å². The molecule has 170 valence electrons. The smallest absolute Gasteiger partial charge is 0.333 e. The van der Waals surface area contributed by atoms with Crippen LogP contribution in [0.3, 0.4) is 0 Å². The number of rotatable bonds is 10. The molecule has 1 aromatic heterocycles. The number of benzene rings is 2. The Morgan fingerprint density at radius 2 is 1.72 bits per heavy atom. The highest BCUT2D eigenvalue weighted by Crippen LogP contribution is 2.38. The SMILES string of the molecule is CCCCCCCC(=Cc1c(-c2ccc(F)cc2)c2ccccc2n1C(C)C)C(=O)OC. The summed E-state index contributed by atoms with van der Waals surface area (Å²) in [6.07, 6.45) is 8.30. The van der Waals surface area contributed by atoms with Gasteiger partial charge < -0.3 is 9.30 Å². The van der Waals surface area contributed by atoms with Crippen molar-refractivity contribution >= 4 is 22.9 Å². The third-order valence-corrected chi connectivity index (χ3v) is 5.91. The van der Waals surface area contributed by atoms with Gasteiger partial charge in [0.25, 0.3) is 0 Å². The summed E-state index contributed by atoms with van der Waals surface area (Å²) in [7, 11) is 1.44. The normalized spacial score (nSPS) is 12.0. The monoisotopic (exact) mass is 435 g/mol. The molecule has 3 aromatic rings. The van der Waals surface area contributed by atoms with Crippen LogP contribution in [0.25, 0.3) is 28.1 Å². The van der Waals surface area contributed by atoms with E-state index in [4.69, 9.17) is 4.74 Å². The van der Waals surface area contributed by atoms with E-state index in [0.717, 1.165) is 40.6 Å². The molecule has 3 rings (SSSR count). The molecule has 0 N–H and O–H groups in total. The molecule has 0 saturated heterocycles. The van der Waals surface area contributed by atoms with Crippen LogP contribution in [-0.4, -0.2) is 17.6 Å². The quantitative estimate of drug-likeness (QED) is 0.184. The van der Waals surface area contributed by atoms with Crippen molar-refractivity contribution in [3.63, 3.8) is 0 Å². The van der Waals surface area contributed by atoms with Crippen LogP contribution in [0.1, 0.15) is 71.0 Å². The molecule has 0 spiro atoms. The van der Waals surface area contributed by atoms with Crippen molar-refractivity contribution < 1.29 is 13.9 Å². The number of para-hydroxylation sites is 1. The van der Waals surface area contributed by atoms with Crippen LogP contribution >= 0.6 is 0 Å². The van der Waals surface area contributed by atoms with E-state index in [1.807, 2.05) is 30.3 Å². The second-order valence-corrected chi connectivity index (χ2v) is 8.57. The Labute approximate surface area is 190 Å². The Bertz CT molecular complexity index is 1080. The Hall–Kier alpha value is -2.88. The number of esters is 1. The summed E-state index contributed by atoms with van der Waals surface area (Å²) in [5.41, 5.74) is 4.68. The number of halogens is 1. The van der Waals surface area contributed by atoms with Gasteiger partial charge in [-0.05, 0) is 56.5 Å². The molecule has 0 aliphatic carbocycles. The molecular weight excluding hydrogens is 401 g/mol. The fourth-order valence-electron chi connectivity index (χ4n) is 4.35. The lowest BCUT2D eigenvalue weighted by Crippen LogP contribution is -2.08. The van der Waals surface area contributed by atoms with Gasteiger partial charge in [0, 0.05) is 28.1 Å². The average molecular weight is 436 g/mol. The molecule has 0 unspecified atom stereocenters. The highest BCUT2D eigenvalue weighted by atomic mass is 19.1. The maximum atomic E-state index is 13.7. The summed E-state index contributed by atoms with van der Waals surface area (Å²) in [6, 6.07) is 15.0. The van der Waals surface area contributed by atoms with Gasteiger partial charge in [-0.3, -0.25) is 0 Å². The van der Waals surface area contributed by atoms with E-state index in [2.05, 4.69) is 37.5 Å². The number of unbranched alkanes of at least 4 members (excludes halogenated alkanes) is 4. The van der Waals surface area contributed by atoms with Gasteiger partial charge in [0.15, 0.2) is 0 Å². The number of methoxy groups -OCH3 is 1. The zero-order valence-electron chi connectivity index (χ0n) is 19.7. The van der Waals surface area contributed by atoms with E-state index >= 15 is 0 Å². The topological polar surface area (TPSA) is 31.2 Å².